The predicted octanol–water partition coefficient (Wildman–Crippen LogP) is 3.25. The summed E-state index contributed by atoms with van der Waals surface area (Å²) in [5, 5.41) is 0. The van der Waals surface area contributed by atoms with Gasteiger partial charge in [-0.3, -0.25) is 4.84 Å². The van der Waals surface area contributed by atoms with E-state index in [2.05, 4.69) is 34.6 Å². The molecule has 1 N–H and O–H groups in total. The molecule has 0 atom stereocenters. The molecule has 1 aliphatic heterocycles. The summed E-state index contributed by atoms with van der Waals surface area (Å²) in [5.41, 5.74) is 5.91. The molecule has 1 heterocycles. The van der Waals surface area contributed by atoms with Crippen LogP contribution in [0.1, 0.15) is 44.1 Å². The monoisotopic (exact) mass is 260 g/mol. The van der Waals surface area contributed by atoms with Gasteiger partial charge < -0.3 is 4.90 Å². The van der Waals surface area contributed by atoms with Crippen molar-refractivity contribution in [3.8, 4) is 0 Å². The summed E-state index contributed by atoms with van der Waals surface area (Å²) in [6, 6.07) is 8.69. The second-order valence-corrected chi connectivity index (χ2v) is 5.67. The van der Waals surface area contributed by atoms with Crippen molar-refractivity contribution in [2.75, 3.05) is 18.0 Å². The second kappa shape index (κ2) is 6.40. The van der Waals surface area contributed by atoms with Crippen molar-refractivity contribution in [3.63, 3.8) is 0 Å². The van der Waals surface area contributed by atoms with Gasteiger partial charge >= 0.3 is 0 Å². The number of benzene rings is 1. The molecule has 104 valence electrons. The normalized spacial score (nSPS) is 20.3. The minimum Gasteiger partial charge on any atom is -0.371 e. The van der Waals surface area contributed by atoms with Crippen LogP contribution < -0.4 is 10.4 Å². The van der Waals surface area contributed by atoms with Crippen molar-refractivity contribution in [3.05, 3.63) is 29.8 Å². The van der Waals surface area contributed by atoms with E-state index in [1.54, 1.807) is 0 Å². The van der Waals surface area contributed by atoms with Gasteiger partial charge in [0.05, 0.1) is 6.10 Å². The highest BCUT2D eigenvalue weighted by Crippen LogP contribution is 2.25. The Bertz CT molecular complexity index is 395. The highest BCUT2D eigenvalue weighted by atomic mass is 16.7. The molecule has 3 nitrogen and oxygen atoms in total. The van der Waals surface area contributed by atoms with E-state index in [0.717, 1.165) is 6.54 Å². The quantitative estimate of drug-likeness (QED) is 0.822. The van der Waals surface area contributed by atoms with Crippen LogP contribution in [0.2, 0.25) is 0 Å². The summed E-state index contributed by atoms with van der Waals surface area (Å²) in [6.45, 7) is 3.20. The first-order chi connectivity index (χ1) is 9.43. The summed E-state index contributed by atoms with van der Waals surface area (Å²) in [6.07, 6.45) is 8.12. The summed E-state index contributed by atoms with van der Waals surface area (Å²) in [4.78, 5) is 8.25. The molecule has 0 bridgehead atoms. The molecular weight excluding hydrogens is 236 g/mol. The lowest BCUT2D eigenvalue weighted by molar-refractivity contribution is -0.0243. The van der Waals surface area contributed by atoms with Crippen LogP contribution in [0.4, 0.5) is 5.69 Å². The average molecular weight is 260 g/mol. The van der Waals surface area contributed by atoms with Gasteiger partial charge in [0.1, 0.15) is 0 Å². The molecule has 1 aromatic rings. The van der Waals surface area contributed by atoms with Crippen LogP contribution in [-0.2, 0) is 11.4 Å². The maximum absolute atomic E-state index is 5.76. The van der Waals surface area contributed by atoms with Crippen molar-refractivity contribution >= 4 is 5.69 Å². The van der Waals surface area contributed by atoms with Gasteiger partial charge in [-0.1, -0.05) is 31.0 Å². The number of para-hydroxylation sites is 1. The summed E-state index contributed by atoms with van der Waals surface area (Å²) < 4.78 is 0. The Morgan fingerprint density at radius 1 is 1.05 bits per heavy atom. The van der Waals surface area contributed by atoms with Crippen LogP contribution in [0, 0.1) is 0 Å². The number of nitrogens with zero attached hydrogens (tertiary/aromatic N) is 1. The third-order valence-corrected chi connectivity index (χ3v) is 4.25. The molecule has 0 amide bonds. The third-order valence-electron chi connectivity index (χ3n) is 4.25. The number of hydrogen-bond acceptors (Lipinski definition) is 3. The maximum atomic E-state index is 5.76. The molecule has 2 fully saturated rings. The van der Waals surface area contributed by atoms with E-state index in [0.29, 0.717) is 6.10 Å². The number of hydrogen-bond donors (Lipinski definition) is 1. The van der Waals surface area contributed by atoms with Gasteiger partial charge in [0.25, 0.3) is 0 Å². The minimum absolute atomic E-state index is 0.430. The maximum Gasteiger partial charge on any atom is 0.0790 e. The second-order valence-electron chi connectivity index (χ2n) is 5.67. The Balaban J connectivity index is 1.56. The largest absolute Gasteiger partial charge is 0.371 e. The number of hydroxylamine groups is 1. The van der Waals surface area contributed by atoms with E-state index >= 15 is 0 Å². The van der Waals surface area contributed by atoms with Crippen molar-refractivity contribution in [2.24, 2.45) is 0 Å². The van der Waals surface area contributed by atoms with Crippen LogP contribution in [0.5, 0.6) is 0 Å². The molecule has 19 heavy (non-hydrogen) atoms. The molecule has 0 spiro atoms. The molecule has 1 saturated carbocycles. The van der Waals surface area contributed by atoms with Crippen molar-refractivity contribution in [2.45, 2.75) is 51.2 Å². The number of anilines is 1. The predicted molar refractivity (Wildman–Crippen MR) is 78.1 cm³/mol. The van der Waals surface area contributed by atoms with Gasteiger partial charge in [0, 0.05) is 25.3 Å². The minimum atomic E-state index is 0.430. The SMILES string of the molecule is c1ccc(N2CCCC2)c(CNOC2CCCC2)c1. The van der Waals surface area contributed by atoms with E-state index in [-0.39, 0.29) is 0 Å². The zero-order valence-electron chi connectivity index (χ0n) is 11.6. The summed E-state index contributed by atoms with van der Waals surface area (Å²) in [5.74, 6) is 0. The fourth-order valence-corrected chi connectivity index (χ4v) is 3.17. The van der Waals surface area contributed by atoms with E-state index < -0.39 is 0 Å². The fourth-order valence-electron chi connectivity index (χ4n) is 3.17. The smallest absolute Gasteiger partial charge is 0.0790 e. The average Bonchev–Trinajstić information content (AvgIpc) is 3.12. The van der Waals surface area contributed by atoms with Crippen LogP contribution in [0.15, 0.2) is 24.3 Å². The Kier molecular flexibility index (Phi) is 4.36. The van der Waals surface area contributed by atoms with Crippen molar-refractivity contribution in [1.29, 1.82) is 0 Å². The van der Waals surface area contributed by atoms with Gasteiger partial charge in [-0.2, -0.15) is 5.48 Å². The standard InChI is InChI=1S/C16H24N2O/c1-4-10-16(18-11-5-6-12-18)14(7-1)13-17-19-15-8-2-3-9-15/h1,4,7,10,15,17H,2-3,5-6,8-9,11-13H2. The lowest BCUT2D eigenvalue weighted by atomic mass is 10.1. The summed E-state index contributed by atoms with van der Waals surface area (Å²) >= 11 is 0. The topological polar surface area (TPSA) is 24.5 Å². The zero-order valence-corrected chi connectivity index (χ0v) is 11.6. The Labute approximate surface area is 115 Å². The zero-order chi connectivity index (χ0) is 12.9. The van der Waals surface area contributed by atoms with Crippen LogP contribution in [-0.4, -0.2) is 19.2 Å². The molecule has 1 aliphatic carbocycles. The Morgan fingerprint density at radius 2 is 1.79 bits per heavy atom. The lowest BCUT2D eigenvalue weighted by Gasteiger charge is -2.22. The van der Waals surface area contributed by atoms with Gasteiger partial charge in [-0.05, 0) is 37.3 Å². The van der Waals surface area contributed by atoms with E-state index in [1.165, 1.54) is 62.9 Å². The van der Waals surface area contributed by atoms with Gasteiger partial charge in [-0.25, -0.2) is 0 Å². The van der Waals surface area contributed by atoms with Gasteiger partial charge in [-0.15, -0.1) is 0 Å². The molecule has 3 rings (SSSR count). The molecule has 2 aliphatic rings. The highest BCUT2D eigenvalue weighted by Gasteiger charge is 2.17. The van der Waals surface area contributed by atoms with Gasteiger partial charge in [0.2, 0.25) is 0 Å². The number of nitrogens with one attached hydrogen (secondary N) is 1. The highest BCUT2D eigenvalue weighted by molar-refractivity contribution is 5.54. The molecule has 0 radical (unpaired) electrons. The number of rotatable bonds is 5. The molecule has 0 unspecified atom stereocenters. The molecule has 0 aromatic heterocycles. The fraction of sp³-hybridized carbons (Fsp3) is 0.625. The third kappa shape index (κ3) is 3.28. The van der Waals surface area contributed by atoms with Crippen LogP contribution >= 0.6 is 0 Å². The lowest BCUT2D eigenvalue weighted by Crippen LogP contribution is -2.24. The summed E-state index contributed by atoms with van der Waals surface area (Å²) in [7, 11) is 0. The van der Waals surface area contributed by atoms with Gasteiger partial charge in [0.15, 0.2) is 0 Å². The van der Waals surface area contributed by atoms with Crippen LogP contribution in [0.25, 0.3) is 0 Å². The molecule has 1 saturated heterocycles. The van der Waals surface area contributed by atoms with E-state index in [1.807, 2.05) is 0 Å². The molecular formula is C16H24N2O. The van der Waals surface area contributed by atoms with Crippen molar-refractivity contribution < 1.29 is 4.84 Å². The van der Waals surface area contributed by atoms with E-state index in [4.69, 9.17) is 4.84 Å². The Hall–Kier alpha value is -1.06. The first-order valence-electron chi connectivity index (χ1n) is 7.65. The Morgan fingerprint density at radius 3 is 2.58 bits per heavy atom. The van der Waals surface area contributed by atoms with E-state index in [9.17, 15) is 0 Å². The molecule has 3 heteroatoms. The molecule has 1 aromatic carbocycles. The first kappa shape index (κ1) is 12.9. The first-order valence-corrected chi connectivity index (χ1v) is 7.65. The van der Waals surface area contributed by atoms with Crippen molar-refractivity contribution in [1.82, 2.24) is 5.48 Å². The van der Waals surface area contributed by atoms with Crippen LogP contribution in [0.3, 0.4) is 0 Å².